The van der Waals surface area contributed by atoms with Crippen LogP contribution in [0.4, 0.5) is 0 Å². The highest BCUT2D eigenvalue weighted by atomic mass is 32.1. The number of rotatable bonds is 5. The van der Waals surface area contributed by atoms with Gasteiger partial charge in [-0.25, -0.2) is 0 Å². The maximum Gasteiger partial charge on any atom is 0.0841 e. The average molecular weight is 285 g/mol. The van der Waals surface area contributed by atoms with Crippen molar-refractivity contribution < 1.29 is 0 Å². The van der Waals surface area contributed by atoms with E-state index in [0.717, 1.165) is 18.7 Å². The molecule has 0 saturated heterocycles. The zero-order valence-corrected chi connectivity index (χ0v) is 12.7. The molecule has 2 aromatic heterocycles. The third-order valence-electron chi connectivity index (χ3n) is 3.65. The van der Waals surface area contributed by atoms with E-state index >= 15 is 0 Å². The van der Waals surface area contributed by atoms with E-state index in [0.29, 0.717) is 6.04 Å². The quantitative estimate of drug-likeness (QED) is 0.771. The number of hydrogen-bond donors (Lipinski definition) is 1. The average Bonchev–Trinajstić information content (AvgIpc) is 3.10. The Balaban J connectivity index is 1.80. The van der Waals surface area contributed by atoms with E-state index in [2.05, 4.69) is 59.1 Å². The molecule has 0 spiro atoms. The normalized spacial score (nSPS) is 12.9. The molecular weight excluding hydrogens is 266 g/mol. The van der Waals surface area contributed by atoms with Gasteiger partial charge in [-0.05, 0) is 23.9 Å². The molecule has 4 heteroatoms. The number of nitrogens with one attached hydrogen (secondary N) is 1. The van der Waals surface area contributed by atoms with Crippen LogP contribution in [0, 0.1) is 0 Å². The summed E-state index contributed by atoms with van der Waals surface area (Å²) in [5.41, 5.74) is 2.31. The van der Waals surface area contributed by atoms with E-state index in [1.165, 1.54) is 15.8 Å². The van der Waals surface area contributed by atoms with E-state index < -0.39 is 0 Å². The van der Waals surface area contributed by atoms with E-state index in [4.69, 9.17) is 0 Å². The molecular formula is C16H19N3S. The monoisotopic (exact) mass is 285 g/mol. The van der Waals surface area contributed by atoms with Crippen LogP contribution in [0.15, 0.2) is 41.8 Å². The number of thiophene rings is 1. The molecule has 3 aromatic rings. The summed E-state index contributed by atoms with van der Waals surface area (Å²) in [5.74, 6) is 0. The van der Waals surface area contributed by atoms with Crippen molar-refractivity contribution in [2.75, 3.05) is 0 Å². The first-order valence-electron chi connectivity index (χ1n) is 6.97. The number of hydrogen-bond acceptors (Lipinski definition) is 3. The predicted molar refractivity (Wildman–Crippen MR) is 84.9 cm³/mol. The minimum absolute atomic E-state index is 0.413. The van der Waals surface area contributed by atoms with Crippen LogP contribution in [-0.2, 0) is 13.6 Å². The molecule has 20 heavy (non-hydrogen) atoms. The third kappa shape index (κ3) is 2.49. The van der Waals surface area contributed by atoms with Crippen LogP contribution in [0.3, 0.4) is 0 Å². The van der Waals surface area contributed by atoms with Gasteiger partial charge in [-0.3, -0.25) is 4.68 Å². The number of para-hydroxylation sites is 1. The van der Waals surface area contributed by atoms with Crippen molar-refractivity contribution in [1.82, 2.24) is 15.1 Å². The first kappa shape index (κ1) is 13.3. The molecule has 0 aliphatic heterocycles. The summed E-state index contributed by atoms with van der Waals surface area (Å²) >= 11 is 1.81. The second-order valence-corrected chi connectivity index (χ2v) is 5.92. The molecule has 0 saturated carbocycles. The minimum Gasteiger partial charge on any atom is -0.303 e. The molecule has 0 bridgehead atoms. The van der Waals surface area contributed by atoms with Crippen molar-refractivity contribution in [3.63, 3.8) is 0 Å². The molecule has 1 aromatic carbocycles. The lowest BCUT2D eigenvalue weighted by Gasteiger charge is -2.14. The SMILES string of the molecule is CCC(NCc1nn(C)c2ccccc12)c1cccs1. The highest BCUT2D eigenvalue weighted by Gasteiger charge is 2.12. The van der Waals surface area contributed by atoms with Gasteiger partial charge in [0.05, 0.1) is 11.2 Å². The zero-order valence-electron chi connectivity index (χ0n) is 11.8. The summed E-state index contributed by atoms with van der Waals surface area (Å²) in [4.78, 5) is 1.40. The van der Waals surface area contributed by atoms with E-state index in [1.54, 1.807) is 0 Å². The zero-order chi connectivity index (χ0) is 13.9. The summed E-state index contributed by atoms with van der Waals surface area (Å²) in [6.45, 7) is 3.02. The van der Waals surface area contributed by atoms with Crippen molar-refractivity contribution in [2.45, 2.75) is 25.9 Å². The molecule has 1 atom stereocenters. The molecule has 0 amide bonds. The second kappa shape index (κ2) is 5.77. The first-order chi connectivity index (χ1) is 9.79. The van der Waals surface area contributed by atoms with Gasteiger partial charge in [0.15, 0.2) is 0 Å². The fraction of sp³-hybridized carbons (Fsp3) is 0.312. The van der Waals surface area contributed by atoms with Crippen molar-refractivity contribution >= 4 is 22.2 Å². The Morgan fingerprint density at radius 3 is 2.85 bits per heavy atom. The summed E-state index contributed by atoms with van der Waals surface area (Å²) in [6.07, 6.45) is 1.09. The molecule has 104 valence electrons. The van der Waals surface area contributed by atoms with Crippen molar-refractivity contribution in [2.24, 2.45) is 7.05 Å². The van der Waals surface area contributed by atoms with Crippen LogP contribution in [-0.4, -0.2) is 9.78 Å². The second-order valence-electron chi connectivity index (χ2n) is 4.94. The molecule has 3 rings (SSSR count). The Bertz CT molecular complexity index is 685. The molecule has 0 aliphatic rings. The topological polar surface area (TPSA) is 29.9 Å². The molecule has 1 unspecified atom stereocenters. The van der Waals surface area contributed by atoms with Crippen molar-refractivity contribution in [3.05, 3.63) is 52.3 Å². The van der Waals surface area contributed by atoms with E-state index in [-0.39, 0.29) is 0 Å². The minimum atomic E-state index is 0.413. The Labute approximate surface area is 123 Å². The van der Waals surface area contributed by atoms with Crippen LogP contribution in [0.1, 0.15) is 30.0 Å². The van der Waals surface area contributed by atoms with Gasteiger partial charge in [-0.1, -0.05) is 31.2 Å². The van der Waals surface area contributed by atoms with Gasteiger partial charge < -0.3 is 5.32 Å². The fourth-order valence-electron chi connectivity index (χ4n) is 2.57. The van der Waals surface area contributed by atoms with Gasteiger partial charge in [-0.15, -0.1) is 11.3 Å². The highest BCUT2D eigenvalue weighted by molar-refractivity contribution is 7.10. The highest BCUT2D eigenvalue weighted by Crippen LogP contribution is 2.23. The summed E-state index contributed by atoms with van der Waals surface area (Å²) < 4.78 is 1.96. The number of aromatic nitrogens is 2. The molecule has 1 N–H and O–H groups in total. The van der Waals surface area contributed by atoms with Gasteiger partial charge in [0.2, 0.25) is 0 Å². The smallest absolute Gasteiger partial charge is 0.0841 e. The van der Waals surface area contributed by atoms with Gasteiger partial charge in [0.1, 0.15) is 0 Å². The van der Waals surface area contributed by atoms with E-state index in [9.17, 15) is 0 Å². The van der Waals surface area contributed by atoms with Crippen LogP contribution >= 0.6 is 11.3 Å². The lowest BCUT2D eigenvalue weighted by Crippen LogP contribution is -2.19. The molecule has 0 radical (unpaired) electrons. The molecule has 0 aliphatic carbocycles. The third-order valence-corrected chi connectivity index (χ3v) is 4.63. The van der Waals surface area contributed by atoms with Crippen LogP contribution in [0.2, 0.25) is 0 Å². The maximum absolute atomic E-state index is 4.63. The Morgan fingerprint density at radius 1 is 1.25 bits per heavy atom. The van der Waals surface area contributed by atoms with Gasteiger partial charge in [0.25, 0.3) is 0 Å². The fourth-order valence-corrected chi connectivity index (χ4v) is 3.46. The van der Waals surface area contributed by atoms with Crippen LogP contribution < -0.4 is 5.32 Å². The van der Waals surface area contributed by atoms with Crippen molar-refractivity contribution in [3.8, 4) is 0 Å². The molecule has 3 nitrogen and oxygen atoms in total. The largest absolute Gasteiger partial charge is 0.303 e. The van der Waals surface area contributed by atoms with Crippen LogP contribution in [0.25, 0.3) is 10.9 Å². The Morgan fingerprint density at radius 2 is 2.10 bits per heavy atom. The van der Waals surface area contributed by atoms with Gasteiger partial charge in [-0.2, -0.15) is 5.10 Å². The van der Waals surface area contributed by atoms with Crippen LogP contribution in [0.5, 0.6) is 0 Å². The van der Waals surface area contributed by atoms with Gasteiger partial charge in [0, 0.05) is 29.9 Å². The Kier molecular flexibility index (Phi) is 3.85. The summed E-state index contributed by atoms with van der Waals surface area (Å²) in [7, 11) is 2.00. The lowest BCUT2D eigenvalue weighted by atomic mass is 10.1. The van der Waals surface area contributed by atoms with Gasteiger partial charge >= 0.3 is 0 Å². The number of fused-ring (bicyclic) bond motifs is 1. The standard InChI is InChI=1S/C16H19N3S/c1-3-13(16-9-6-10-20-16)17-11-14-12-7-4-5-8-15(12)19(2)18-14/h4-10,13,17H,3,11H2,1-2H3. The van der Waals surface area contributed by atoms with Crippen molar-refractivity contribution in [1.29, 1.82) is 0 Å². The number of benzene rings is 1. The molecule has 0 fully saturated rings. The van der Waals surface area contributed by atoms with E-state index in [1.807, 2.05) is 23.1 Å². The lowest BCUT2D eigenvalue weighted by molar-refractivity contribution is 0.519. The molecule has 2 heterocycles. The summed E-state index contributed by atoms with van der Waals surface area (Å²) in [5, 5.41) is 11.6. The number of nitrogens with zero attached hydrogens (tertiary/aromatic N) is 2. The Hall–Kier alpha value is -1.65. The first-order valence-corrected chi connectivity index (χ1v) is 7.85. The summed E-state index contributed by atoms with van der Waals surface area (Å²) in [6, 6.07) is 13.1. The maximum atomic E-state index is 4.63. The number of aryl methyl sites for hydroxylation is 1. The predicted octanol–water partition coefficient (Wildman–Crippen LogP) is 3.88.